The molecule has 0 aromatic rings. The molecule has 0 spiro atoms. The molecule has 1 saturated heterocycles. The van der Waals surface area contributed by atoms with Crippen LogP contribution in [0.1, 0.15) is 40.0 Å². The number of piperidine rings is 1. The average Bonchev–Trinajstić information content (AvgIpc) is 2.21. The molecular formula is C12H21NO2. The lowest BCUT2D eigenvalue weighted by Gasteiger charge is -2.30. The van der Waals surface area contributed by atoms with Gasteiger partial charge in [0.25, 0.3) is 0 Å². The predicted molar refractivity (Wildman–Crippen MR) is 59.4 cm³/mol. The summed E-state index contributed by atoms with van der Waals surface area (Å²) in [5, 5.41) is 0. The molecule has 1 heterocycles. The number of nitrogens with zero attached hydrogens (tertiary/aromatic N) is 1. The molecular weight excluding hydrogens is 190 g/mol. The third kappa shape index (κ3) is 3.33. The lowest BCUT2D eigenvalue weighted by Crippen LogP contribution is -2.43. The molecule has 1 rings (SSSR count). The molecule has 1 aliphatic heterocycles. The van der Waals surface area contributed by atoms with Gasteiger partial charge in [0.05, 0.1) is 0 Å². The van der Waals surface area contributed by atoms with Crippen molar-refractivity contribution in [1.29, 1.82) is 0 Å². The molecule has 0 bridgehead atoms. The van der Waals surface area contributed by atoms with Gasteiger partial charge in [-0.3, -0.25) is 9.59 Å². The number of carbonyl (C=O) groups is 2. The van der Waals surface area contributed by atoms with Crippen LogP contribution in [0, 0.1) is 11.8 Å². The zero-order valence-corrected chi connectivity index (χ0v) is 9.95. The Kier molecular flexibility index (Phi) is 4.30. The van der Waals surface area contributed by atoms with Gasteiger partial charge in [-0.1, -0.05) is 27.2 Å². The second-order valence-electron chi connectivity index (χ2n) is 4.67. The van der Waals surface area contributed by atoms with Crippen LogP contribution in [0.15, 0.2) is 0 Å². The van der Waals surface area contributed by atoms with Gasteiger partial charge >= 0.3 is 0 Å². The molecule has 3 nitrogen and oxygen atoms in total. The Morgan fingerprint density at radius 1 is 1.60 bits per heavy atom. The van der Waals surface area contributed by atoms with Gasteiger partial charge in [-0.2, -0.15) is 0 Å². The highest BCUT2D eigenvalue weighted by atomic mass is 16.2. The molecule has 15 heavy (non-hydrogen) atoms. The van der Waals surface area contributed by atoms with E-state index in [2.05, 4.69) is 13.8 Å². The van der Waals surface area contributed by atoms with Gasteiger partial charge in [-0.25, -0.2) is 0 Å². The first kappa shape index (κ1) is 12.2. The monoisotopic (exact) mass is 211 g/mol. The summed E-state index contributed by atoms with van der Waals surface area (Å²) in [4.78, 5) is 25.0. The Morgan fingerprint density at radius 3 is 2.80 bits per heavy atom. The average molecular weight is 211 g/mol. The third-order valence-corrected chi connectivity index (χ3v) is 3.24. The normalized spacial score (nSPS) is 24.1. The van der Waals surface area contributed by atoms with E-state index < -0.39 is 0 Å². The molecule has 86 valence electrons. The lowest BCUT2D eigenvalue weighted by molar-refractivity contribution is -0.137. The smallest absolute Gasteiger partial charge is 0.222 e. The van der Waals surface area contributed by atoms with Gasteiger partial charge in [0.15, 0.2) is 0 Å². The number of likely N-dealkylation sites (tertiary alicyclic amines) is 1. The number of hydrogen-bond acceptors (Lipinski definition) is 2. The molecule has 0 aromatic heterocycles. The van der Waals surface area contributed by atoms with E-state index in [0.717, 1.165) is 6.42 Å². The Balaban J connectivity index is 2.44. The Hall–Kier alpha value is -0.860. The van der Waals surface area contributed by atoms with E-state index in [1.54, 1.807) is 0 Å². The summed E-state index contributed by atoms with van der Waals surface area (Å²) in [6.45, 7) is 7.34. The van der Waals surface area contributed by atoms with Crippen LogP contribution in [0.2, 0.25) is 0 Å². The maximum Gasteiger partial charge on any atom is 0.222 e. The van der Waals surface area contributed by atoms with E-state index in [1.165, 1.54) is 0 Å². The summed E-state index contributed by atoms with van der Waals surface area (Å²) < 4.78 is 0. The van der Waals surface area contributed by atoms with E-state index in [9.17, 15) is 9.59 Å². The second-order valence-corrected chi connectivity index (χ2v) is 4.67. The fraction of sp³-hybridized carbons (Fsp3) is 0.833. The molecule has 3 heteroatoms. The van der Waals surface area contributed by atoms with Gasteiger partial charge in [0, 0.05) is 31.8 Å². The molecule has 2 unspecified atom stereocenters. The largest absolute Gasteiger partial charge is 0.342 e. The molecule has 0 saturated carbocycles. The highest BCUT2D eigenvalue weighted by Gasteiger charge is 2.26. The van der Waals surface area contributed by atoms with Gasteiger partial charge in [-0.15, -0.1) is 0 Å². The van der Waals surface area contributed by atoms with E-state index in [1.807, 2.05) is 11.8 Å². The Morgan fingerprint density at radius 2 is 2.27 bits per heavy atom. The van der Waals surface area contributed by atoms with Gasteiger partial charge in [0.1, 0.15) is 5.78 Å². The molecule has 1 aliphatic rings. The minimum Gasteiger partial charge on any atom is -0.342 e. The second kappa shape index (κ2) is 5.29. The van der Waals surface area contributed by atoms with E-state index in [-0.39, 0.29) is 11.8 Å². The highest BCUT2D eigenvalue weighted by Crippen LogP contribution is 2.16. The first-order valence-electron chi connectivity index (χ1n) is 5.85. The topological polar surface area (TPSA) is 37.4 Å². The van der Waals surface area contributed by atoms with Crippen molar-refractivity contribution in [3.05, 3.63) is 0 Å². The van der Waals surface area contributed by atoms with Crippen LogP contribution in [-0.2, 0) is 9.59 Å². The van der Waals surface area contributed by atoms with Gasteiger partial charge in [-0.05, 0) is 5.92 Å². The van der Waals surface area contributed by atoms with Crippen LogP contribution in [0.5, 0.6) is 0 Å². The third-order valence-electron chi connectivity index (χ3n) is 3.24. The van der Waals surface area contributed by atoms with Crippen molar-refractivity contribution >= 4 is 11.7 Å². The van der Waals surface area contributed by atoms with Crippen molar-refractivity contribution in [2.45, 2.75) is 40.0 Å². The van der Waals surface area contributed by atoms with Crippen LogP contribution in [-0.4, -0.2) is 29.7 Å². The summed E-state index contributed by atoms with van der Waals surface area (Å²) >= 11 is 0. The minimum atomic E-state index is 0.0274. The fourth-order valence-corrected chi connectivity index (χ4v) is 1.81. The minimum absolute atomic E-state index is 0.0274. The summed E-state index contributed by atoms with van der Waals surface area (Å²) in [6.07, 6.45) is 2.19. The van der Waals surface area contributed by atoms with Crippen molar-refractivity contribution in [2.24, 2.45) is 11.8 Å². The number of ketones is 1. The fourth-order valence-electron chi connectivity index (χ4n) is 1.81. The number of carbonyl (C=O) groups excluding carboxylic acids is 2. The van der Waals surface area contributed by atoms with Crippen molar-refractivity contribution in [2.75, 3.05) is 13.1 Å². The standard InChI is InChI=1S/C12H21NO2/c1-4-9(2)7-12(15)13-6-5-11(14)10(3)8-13/h9-10H,4-8H2,1-3H3. The highest BCUT2D eigenvalue weighted by molar-refractivity contribution is 5.85. The van der Waals surface area contributed by atoms with Crippen LogP contribution >= 0.6 is 0 Å². The van der Waals surface area contributed by atoms with Gasteiger partial charge < -0.3 is 4.90 Å². The summed E-state index contributed by atoms with van der Waals surface area (Å²) in [6, 6.07) is 0. The zero-order chi connectivity index (χ0) is 11.4. The number of amides is 1. The van der Waals surface area contributed by atoms with Crippen molar-refractivity contribution in [1.82, 2.24) is 4.90 Å². The molecule has 1 fully saturated rings. The lowest BCUT2D eigenvalue weighted by atomic mass is 9.97. The molecule has 1 amide bonds. The summed E-state index contributed by atoms with van der Waals surface area (Å²) in [7, 11) is 0. The SMILES string of the molecule is CCC(C)CC(=O)N1CCC(=O)C(C)C1. The quantitative estimate of drug-likeness (QED) is 0.714. The van der Waals surface area contributed by atoms with Crippen LogP contribution in [0.25, 0.3) is 0 Å². The molecule has 0 N–H and O–H groups in total. The summed E-state index contributed by atoms with van der Waals surface area (Å²) in [5.74, 6) is 0.983. The van der Waals surface area contributed by atoms with Crippen molar-refractivity contribution in [3.8, 4) is 0 Å². The maximum atomic E-state index is 11.8. The van der Waals surface area contributed by atoms with Crippen molar-refractivity contribution < 1.29 is 9.59 Å². The zero-order valence-electron chi connectivity index (χ0n) is 9.95. The van der Waals surface area contributed by atoms with E-state index in [0.29, 0.717) is 37.6 Å². The Bertz CT molecular complexity index is 250. The Labute approximate surface area is 91.8 Å². The molecule has 2 atom stereocenters. The molecule has 0 radical (unpaired) electrons. The summed E-state index contributed by atoms with van der Waals surface area (Å²) in [5.41, 5.74) is 0. The van der Waals surface area contributed by atoms with Crippen molar-refractivity contribution in [3.63, 3.8) is 0 Å². The molecule has 0 aromatic carbocycles. The first-order chi connectivity index (χ1) is 7.04. The first-order valence-corrected chi connectivity index (χ1v) is 5.85. The van der Waals surface area contributed by atoms with Gasteiger partial charge in [0.2, 0.25) is 5.91 Å². The van der Waals surface area contributed by atoms with Crippen LogP contribution < -0.4 is 0 Å². The van der Waals surface area contributed by atoms with Crippen LogP contribution in [0.4, 0.5) is 0 Å². The van der Waals surface area contributed by atoms with E-state index in [4.69, 9.17) is 0 Å². The maximum absolute atomic E-state index is 11.8. The predicted octanol–water partition coefficient (Wildman–Crippen LogP) is 1.86. The number of rotatable bonds is 3. The number of hydrogen-bond donors (Lipinski definition) is 0. The molecule has 0 aliphatic carbocycles. The van der Waals surface area contributed by atoms with E-state index >= 15 is 0 Å². The van der Waals surface area contributed by atoms with Crippen LogP contribution in [0.3, 0.4) is 0 Å². The number of Topliss-reactive ketones (excluding diaryl/α,β-unsaturated/α-hetero) is 1.